The summed E-state index contributed by atoms with van der Waals surface area (Å²) in [6, 6.07) is 11.7. The van der Waals surface area contributed by atoms with E-state index < -0.39 is 7.83 Å². The minimum Gasteiger partial charge on any atom is -0.496 e. The zero-order valence-electron chi connectivity index (χ0n) is 13.6. The Morgan fingerprint density at radius 1 is 0.769 bits per heavy atom. The van der Waals surface area contributed by atoms with Crippen LogP contribution >= 0.6 is 69.6 Å². The van der Waals surface area contributed by atoms with Gasteiger partial charge in [0.15, 0.2) is 0 Å². The van der Waals surface area contributed by atoms with Crippen molar-refractivity contribution in [3.63, 3.8) is 0 Å². The lowest BCUT2D eigenvalue weighted by Crippen LogP contribution is -2.61. The molecule has 0 aromatic heterocycles. The molecule has 1 aliphatic rings. The fourth-order valence-electron chi connectivity index (χ4n) is 2.93. The number of benzene rings is 2. The molecule has 0 atom stereocenters. The highest BCUT2D eigenvalue weighted by Gasteiger charge is 2.42. The zero-order chi connectivity index (χ0) is 19.1. The Morgan fingerprint density at radius 3 is 1.81 bits per heavy atom. The van der Waals surface area contributed by atoms with E-state index in [0.29, 0.717) is 13.3 Å². The van der Waals surface area contributed by atoms with Crippen molar-refractivity contribution in [2.45, 2.75) is 7.83 Å². The van der Waals surface area contributed by atoms with Gasteiger partial charge in [-0.3, -0.25) is 0 Å². The third-order valence-electron chi connectivity index (χ3n) is 4.16. The van der Waals surface area contributed by atoms with E-state index in [4.69, 9.17) is 74.3 Å². The number of hydrogen-bond acceptors (Lipinski definition) is 4. The first-order valence-corrected chi connectivity index (χ1v) is 9.82. The van der Waals surface area contributed by atoms with Gasteiger partial charge < -0.3 is 9.64 Å². The van der Waals surface area contributed by atoms with Crippen LogP contribution in [0.15, 0.2) is 36.4 Å². The Bertz CT molecular complexity index is 770. The molecule has 26 heavy (non-hydrogen) atoms. The van der Waals surface area contributed by atoms with E-state index in [1.54, 1.807) is 16.9 Å². The van der Waals surface area contributed by atoms with Crippen LogP contribution in [0.3, 0.4) is 0 Å². The van der Waals surface area contributed by atoms with Crippen LogP contribution in [0.1, 0.15) is 0 Å². The lowest BCUT2D eigenvalue weighted by atomic mass is 10.1. The lowest BCUT2D eigenvalue weighted by Gasteiger charge is -2.47. The van der Waals surface area contributed by atoms with Crippen LogP contribution in [0.2, 0.25) is 0 Å². The van der Waals surface area contributed by atoms with Crippen molar-refractivity contribution < 1.29 is 4.74 Å². The van der Waals surface area contributed by atoms with Gasteiger partial charge in [0, 0.05) is 16.5 Å². The Hall–Kier alpha value is -0.0400. The summed E-state index contributed by atoms with van der Waals surface area (Å²) >= 11 is 36.6. The molecule has 0 amide bonds. The molecule has 1 saturated heterocycles. The fourth-order valence-corrected chi connectivity index (χ4v) is 3.58. The van der Waals surface area contributed by atoms with Crippen LogP contribution in [-0.2, 0) is 0 Å². The molecule has 0 bridgehead atoms. The topological polar surface area (TPSA) is 19.0 Å². The Labute approximate surface area is 182 Å². The highest BCUT2D eigenvalue weighted by molar-refractivity contribution is 6.67. The summed E-state index contributed by atoms with van der Waals surface area (Å²) in [5, 5.41) is 1.96. The van der Waals surface area contributed by atoms with Gasteiger partial charge in [0.1, 0.15) is 5.75 Å². The molecule has 0 spiro atoms. The van der Waals surface area contributed by atoms with Crippen LogP contribution in [0.25, 0.3) is 10.8 Å². The van der Waals surface area contributed by atoms with Gasteiger partial charge in [-0.25, -0.2) is 9.80 Å². The van der Waals surface area contributed by atoms with Gasteiger partial charge in [-0.15, -0.1) is 0 Å². The summed E-state index contributed by atoms with van der Waals surface area (Å²) in [5.41, 5.74) is 0.916. The van der Waals surface area contributed by atoms with Gasteiger partial charge in [0.25, 0.3) is 0 Å². The summed E-state index contributed by atoms with van der Waals surface area (Å²) in [6.45, 7) is 0.895. The number of anilines is 1. The molecule has 1 aliphatic heterocycles. The monoisotopic (exact) mass is 475 g/mol. The average Bonchev–Trinajstić information content (AvgIpc) is 2.59. The predicted octanol–water partition coefficient (Wildman–Crippen LogP) is 5.80. The molecular weight excluding hydrogens is 463 g/mol. The highest BCUT2D eigenvalue weighted by atomic mass is 35.6. The maximum Gasteiger partial charge on any atom is 0.250 e. The van der Waals surface area contributed by atoms with Gasteiger partial charge in [-0.2, -0.15) is 0 Å². The van der Waals surface area contributed by atoms with E-state index in [0.717, 1.165) is 22.2 Å². The molecule has 0 aliphatic carbocycles. The quantitative estimate of drug-likeness (QED) is 0.402. The first kappa shape index (κ1) is 20.7. The summed E-state index contributed by atoms with van der Waals surface area (Å²) in [7, 11) is 1.64. The van der Waals surface area contributed by atoms with Crippen molar-refractivity contribution in [3.8, 4) is 5.75 Å². The number of methoxy groups -OCH3 is 1. The maximum atomic E-state index is 6.10. The second-order valence-electron chi connectivity index (χ2n) is 5.81. The van der Waals surface area contributed by atoms with Crippen LogP contribution in [0.4, 0.5) is 5.69 Å². The van der Waals surface area contributed by atoms with E-state index in [-0.39, 0.29) is 6.67 Å². The summed E-state index contributed by atoms with van der Waals surface area (Å²) in [6.07, 6.45) is 0. The molecule has 0 radical (unpaired) electrons. The van der Waals surface area contributed by atoms with Crippen LogP contribution in [-0.4, -0.2) is 44.7 Å². The smallest absolute Gasteiger partial charge is 0.250 e. The second-order valence-corrected chi connectivity index (χ2v) is 10.3. The van der Waals surface area contributed by atoms with Gasteiger partial charge in [-0.05, 0) is 12.1 Å². The molecular formula is C16H15Cl6N3O. The molecule has 4 nitrogen and oxygen atoms in total. The summed E-state index contributed by atoms with van der Waals surface area (Å²) in [4.78, 5) is 5.15. The zero-order valence-corrected chi connectivity index (χ0v) is 18.1. The highest BCUT2D eigenvalue weighted by Crippen LogP contribution is 2.41. The van der Waals surface area contributed by atoms with Crippen molar-refractivity contribution in [1.82, 2.24) is 9.80 Å². The van der Waals surface area contributed by atoms with E-state index >= 15 is 0 Å². The molecule has 10 heteroatoms. The number of nitrogens with zero attached hydrogens (tertiary/aromatic N) is 3. The first-order chi connectivity index (χ1) is 12.1. The number of rotatable bonds is 2. The van der Waals surface area contributed by atoms with E-state index in [2.05, 4.69) is 0 Å². The number of alkyl halides is 6. The largest absolute Gasteiger partial charge is 0.496 e. The Morgan fingerprint density at radius 2 is 1.31 bits per heavy atom. The van der Waals surface area contributed by atoms with Crippen molar-refractivity contribution in [2.24, 2.45) is 0 Å². The standard InChI is InChI=1S/C16H15Cl6N3O/c1-26-14-7-6-13(11-4-2-3-5-12(11)14)23-8-24(15(17,18)19)10-25(9-23)16(20,21)22/h2-7H,8-10H2,1H3. The van der Waals surface area contributed by atoms with Crippen LogP contribution in [0.5, 0.6) is 5.75 Å². The van der Waals surface area contributed by atoms with Crippen molar-refractivity contribution in [3.05, 3.63) is 36.4 Å². The van der Waals surface area contributed by atoms with E-state index in [9.17, 15) is 0 Å². The Kier molecular flexibility index (Phi) is 6.18. The van der Waals surface area contributed by atoms with Crippen LogP contribution in [0, 0.1) is 0 Å². The molecule has 0 unspecified atom stereocenters. The van der Waals surface area contributed by atoms with E-state index in [1.807, 2.05) is 41.3 Å². The summed E-state index contributed by atoms with van der Waals surface area (Å²) in [5.74, 6) is 0.776. The number of halogens is 6. The van der Waals surface area contributed by atoms with Crippen molar-refractivity contribution in [1.29, 1.82) is 0 Å². The molecule has 3 rings (SSSR count). The van der Waals surface area contributed by atoms with Crippen molar-refractivity contribution in [2.75, 3.05) is 32.0 Å². The average molecular weight is 478 g/mol. The molecule has 1 fully saturated rings. The fraction of sp³-hybridized carbons (Fsp3) is 0.375. The molecule has 0 saturated carbocycles. The van der Waals surface area contributed by atoms with E-state index in [1.165, 1.54) is 0 Å². The number of fused-ring (bicyclic) bond motifs is 1. The molecule has 2 aromatic carbocycles. The third kappa shape index (κ3) is 4.34. The number of ether oxygens (including phenoxy) is 1. The van der Waals surface area contributed by atoms with Crippen LogP contribution < -0.4 is 9.64 Å². The number of hydrogen-bond donors (Lipinski definition) is 0. The van der Waals surface area contributed by atoms with Gasteiger partial charge >= 0.3 is 0 Å². The molecule has 1 heterocycles. The molecule has 2 aromatic rings. The first-order valence-electron chi connectivity index (χ1n) is 7.55. The molecule has 142 valence electrons. The minimum atomic E-state index is -1.64. The maximum absolute atomic E-state index is 6.10. The van der Waals surface area contributed by atoms with Gasteiger partial charge in [0.2, 0.25) is 7.83 Å². The third-order valence-corrected chi connectivity index (χ3v) is 5.60. The second kappa shape index (κ2) is 7.76. The normalized spacial score (nSPS) is 17.7. The Balaban J connectivity index is 2.06. The SMILES string of the molecule is COc1ccc(N2CN(C(Cl)(Cl)Cl)CN(C(Cl)(Cl)Cl)C2)c2ccccc12. The molecule has 0 N–H and O–H groups in total. The predicted molar refractivity (Wildman–Crippen MR) is 112 cm³/mol. The summed E-state index contributed by atoms with van der Waals surface area (Å²) < 4.78 is 2.17. The van der Waals surface area contributed by atoms with Gasteiger partial charge in [-0.1, -0.05) is 93.9 Å². The van der Waals surface area contributed by atoms with Crippen molar-refractivity contribution >= 4 is 86.1 Å². The minimum absolute atomic E-state index is 0.192. The van der Waals surface area contributed by atoms with Gasteiger partial charge in [0.05, 0.1) is 27.1 Å². The lowest BCUT2D eigenvalue weighted by molar-refractivity contribution is 0.0833.